The average molecular weight is 176 g/mol. The molecule has 1 aromatic rings. The van der Waals surface area contributed by atoms with E-state index in [-0.39, 0.29) is 6.61 Å². The van der Waals surface area contributed by atoms with Crippen LogP contribution in [0.3, 0.4) is 0 Å². The first-order valence-electron chi connectivity index (χ1n) is 4.10. The van der Waals surface area contributed by atoms with Crippen LogP contribution in [0.25, 0.3) is 0 Å². The van der Waals surface area contributed by atoms with E-state index in [0.29, 0.717) is 6.61 Å². The van der Waals surface area contributed by atoms with Gasteiger partial charge in [-0.15, -0.1) is 0 Å². The molecule has 3 nitrogen and oxygen atoms in total. The van der Waals surface area contributed by atoms with Crippen LogP contribution in [0.4, 0.5) is 0 Å². The van der Waals surface area contributed by atoms with Gasteiger partial charge in [-0.05, 0) is 5.56 Å². The lowest BCUT2D eigenvalue weighted by molar-refractivity contribution is 0.117. The first kappa shape index (κ1) is 9.72. The molecule has 0 aliphatic heterocycles. The fourth-order valence-electron chi connectivity index (χ4n) is 0.915. The van der Waals surface area contributed by atoms with Crippen LogP contribution in [-0.4, -0.2) is 12.6 Å². The molecule has 0 aromatic heterocycles. The van der Waals surface area contributed by atoms with Crippen molar-refractivity contribution < 1.29 is 4.74 Å². The van der Waals surface area contributed by atoms with Crippen LogP contribution >= 0.6 is 0 Å². The number of ether oxygens (including phenoxy) is 1. The fraction of sp³-hybridized carbons (Fsp3) is 0.300. The van der Waals surface area contributed by atoms with Gasteiger partial charge in [0.05, 0.1) is 19.3 Å². The average Bonchev–Trinajstić information content (AvgIpc) is 2.19. The third kappa shape index (κ3) is 3.70. The summed E-state index contributed by atoms with van der Waals surface area (Å²) in [5, 5.41) is 8.38. The molecule has 3 heteroatoms. The first-order valence-corrected chi connectivity index (χ1v) is 4.10. The van der Waals surface area contributed by atoms with Gasteiger partial charge in [-0.3, -0.25) is 0 Å². The van der Waals surface area contributed by atoms with E-state index in [2.05, 4.69) is 0 Å². The number of hydrogen-bond donors (Lipinski definition) is 1. The third-order valence-electron chi connectivity index (χ3n) is 1.57. The van der Waals surface area contributed by atoms with Gasteiger partial charge in [-0.2, -0.15) is 5.26 Å². The second-order valence-electron chi connectivity index (χ2n) is 2.74. The summed E-state index contributed by atoms with van der Waals surface area (Å²) in [7, 11) is 0. The molecule has 0 bridgehead atoms. The maximum absolute atomic E-state index is 8.38. The van der Waals surface area contributed by atoms with Gasteiger partial charge in [0.1, 0.15) is 6.04 Å². The standard InChI is InChI=1S/C10H12N2O/c11-6-10(12)8-13-7-9-4-2-1-3-5-9/h1-5,10H,7-8,12H2/t10-/m1/s1. The minimum Gasteiger partial charge on any atom is -0.374 e. The van der Waals surface area contributed by atoms with E-state index < -0.39 is 6.04 Å². The second-order valence-corrected chi connectivity index (χ2v) is 2.74. The normalized spacial score (nSPS) is 12.0. The number of rotatable bonds is 4. The first-order chi connectivity index (χ1) is 6.33. The van der Waals surface area contributed by atoms with Crippen molar-refractivity contribution in [2.45, 2.75) is 12.6 Å². The molecule has 2 N–H and O–H groups in total. The van der Waals surface area contributed by atoms with Crippen LogP contribution in [-0.2, 0) is 11.3 Å². The van der Waals surface area contributed by atoms with E-state index in [0.717, 1.165) is 5.56 Å². The topological polar surface area (TPSA) is 59.0 Å². The highest BCUT2D eigenvalue weighted by atomic mass is 16.5. The van der Waals surface area contributed by atoms with Gasteiger partial charge in [-0.25, -0.2) is 0 Å². The Morgan fingerprint density at radius 3 is 2.69 bits per heavy atom. The molecule has 1 aromatic carbocycles. The van der Waals surface area contributed by atoms with E-state index in [1.165, 1.54) is 0 Å². The van der Waals surface area contributed by atoms with E-state index in [4.69, 9.17) is 15.7 Å². The smallest absolute Gasteiger partial charge is 0.116 e. The zero-order chi connectivity index (χ0) is 9.52. The molecule has 0 radical (unpaired) electrons. The number of benzene rings is 1. The van der Waals surface area contributed by atoms with Gasteiger partial charge in [0.2, 0.25) is 0 Å². The molecule has 0 aliphatic carbocycles. The minimum absolute atomic E-state index is 0.283. The molecule has 0 unspecified atom stereocenters. The van der Waals surface area contributed by atoms with Gasteiger partial charge in [0.15, 0.2) is 0 Å². The molecule has 1 rings (SSSR count). The highest BCUT2D eigenvalue weighted by molar-refractivity contribution is 5.13. The Hall–Kier alpha value is -1.37. The van der Waals surface area contributed by atoms with Crippen LogP contribution < -0.4 is 5.73 Å². The number of hydrogen-bond acceptors (Lipinski definition) is 3. The van der Waals surface area contributed by atoms with Gasteiger partial charge in [0, 0.05) is 0 Å². The van der Waals surface area contributed by atoms with Crippen molar-refractivity contribution in [1.82, 2.24) is 0 Å². The summed E-state index contributed by atoms with van der Waals surface area (Å²) >= 11 is 0. The third-order valence-corrected chi connectivity index (χ3v) is 1.57. The van der Waals surface area contributed by atoms with Crippen molar-refractivity contribution >= 4 is 0 Å². The van der Waals surface area contributed by atoms with E-state index in [9.17, 15) is 0 Å². The van der Waals surface area contributed by atoms with E-state index in [1.807, 2.05) is 36.4 Å². The van der Waals surface area contributed by atoms with Crippen molar-refractivity contribution in [3.63, 3.8) is 0 Å². The molecule has 0 fully saturated rings. The highest BCUT2D eigenvalue weighted by Gasteiger charge is 1.98. The summed E-state index contributed by atoms with van der Waals surface area (Å²) in [5.74, 6) is 0. The summed E-state index contributed by atoms with van der Waals surface area (Å²) < 4.78 is 5.22. The summed E-state index contributed by atoms with van der Waals surface area (Å²) in [4.78, 5) is 0. The summed E-state index contributed by atoms with van der Waals surface area (Å²) in [6, 6.07) is 11.2. The van der Waals surface area contributed by atoms with Crippen molar-refractivity contribution in [3.8, 4) is 6.07 Å². The second kappa shape index (κ2) is 5.31. The van der Waals surface area contributed by atoms with Crippen LogP contribution in [0.15, 0.2) is 30.3 Å². The van der Waals surface area contributed by atoms with Gasteiger partial charge >= 0.3 is 0 Å². The lowest BCUT2D eigenvalue weighted by Gasteiger charge is -2.04. The van der Waals surface area contributed by atoms with Crippen LogP contribution in [0.2, 0.25) is 0 Å². The van der Waals surface area contributed by atoms with Crippen molar-refractivity contribution in [1.29, 1.82) is 5.26 Å². The Bertz CT molecular complexity index is 279. The summed E-state index contributed by atoms with van der Waals surface area (Å²) in [5.41, 5.74) is 6.44. The Morgan fingerprint density at radius 2 is 2.08 bits per heavy atom. The monoisotopic (exact) mass is 176 g/mol. The van der Waals surface area contributed by atoms with E-state index in [1.54, 1.807) is 0 Å². The summed E-state index contributed by atoms with van der Waals surface area (Å²) in [6.07, 6.45) is 0. The predicted octanol–water partition coefficient (Wildman–Crippen LogP) is 1.05. The van der Waals surface area contributed by atoms with Gasteiger partial charge in [0.25, 0.3) is 0 Å². The van der Waals surface area contributed by atoms with Gasteiger partial charge in [-0.1, -0.05) is 30.3 Å². The molecule has 0 amide bonds. The van der Waals surface area contributed by atoms with Crippen LogP contribution in [0.1, 0.15) is 5.56 Å². The Labute approximate surface area is 77.7 Å². The molecular formula is C10H12N2O. The number of nitrogens with two attached hydrogens (primary N) is 1. The molecular weight excluding hydrogens is 164 g/mol. The van der Waals surface area contributed by atoms with E-state index >= 15 is 0 Å². The zero-order valence-corrected chi connectivity index (χ0v) is 7.31. The van der Waals surface area contributed by atoms with Crippen molar-refractivity contribution in [2.75, 3.05) is 6.61 Å². The Kier molecular flexibility index (Phi) is 3.97. The number of nitrogens with zero attached hydrogens (tertiary/aromatic N) is 1. The summed E-state index contributed by atoms with van der Waals surface area (Å²) in [6.45, 7) is 0.793. The lowest BCUT2D eigenvalue weighted by atomic mass is 10.2. The molecule has 0 spiro atoms. The molecule has 0 saturated carbocycles. The maximum Gasteiger partial charge on any atom is 0.116 e. The molecule has 0 saturated heterocycles. The molecule has 68 valence electrons. The predicted molar refractivity (Wildman–Crippen MR) is 49.7 cm³/mol. The van der Waals surface area contributed by atoms with Gasteiger partial charge < -0.3 is 10.5 Å². The number of nitriles is 1. The fourth-order valence-corrected chi connectivity index (χ4v) is 0.915. The van der Waals surface area contributed by atoms with Crippen molar-refractivity contribution in [3.05, 3.63) is 35.9 Å². The largest absolute Gasteiger partial charge is 0.374 e. The van der Waals surface area contributed by atoms with Crippen LogP contribution in [0, 0.1) is 11.3 Å². The maximum atomic E-state index is 8.38. The molecule has 13 heavy (non-hydrogen) atoms. The minimum atomic E-state index is -0.524. The molecule has 1 atom stereocenters. The molecule has 0 heterocycles. The quantitative estimate of drug-likeness (QED) is 0.746. The molecule has 0 aliphatic rings. The Balaban J connectivity index is 2.25. The SMILES string of the molecule is N#C[C@@H](N)COCc1ccccc1. The Morgan fingerprint density at radius 1 is 1.38 bits per heavy atom. The van der Waals surface area contributed by atoms with Crippen LogP contribution in [0.5, 0.6) is 0 Å². The highest BCUT2D eigenvalue weighted by Crippen LogP contribution is 2.00. The lowest BCUT2D eigenvalue weighted by Crippen LogP contribution is -2.23. The van der Waals surface area contributed by atoms with Crippen molar-refractivity contribution in [2.24, 2.45) is 5.73 Å². The zero-order valence-electron chi connectivity index (χ0n) is 7.31.